The predicted molar refractivity (Wildman–Crippen MR) is 133 cm³/mol. The van der Waals surface area contributed by atoms with Crippen LogP contribution in [0.15, 0.2) is 41.8 Å². The number of nitrogens with two attached hydrogens (primary N) is 1. The van der Waals surface area contributed by atoms with Gasteiger partial charge in [0.15, 0.2) is 11.0 Å². The second-order valence-electron chi connectivity index (χ2n) is 8.34. The van der Waals surface area contributed by atoms with Gasteiger partial charge in [-0.05, 0) is 45.4 Å². The van der Waals surface area contributed by atoms with Crippen LogP contribution in [0, 0.1) is 5.95 Å². The number of aliphatic imine (C=N–C) groups is 1. The zero-order valence-corrected chi connectivity index (χ0v) is 20.5. The molecule has 0 aliphatic rings. The van der Waals surface area contributed by atoms with Crippen molar-refractivity contribution in [2.24, 2.45) is 10.7 Å². The minimum atomic E-state index is -2.80. The summed E-state index contributed by atoms with van der Waals surface area (Å²) in [4.78, 5) is 28.4. The zero-order valence-electron chi connectivity index (χ0n) is 19.6. The normalized spacial score (nSPS) is 13.8. The molecule has 3 aromatic heterocycles. The van der Waals surface area contributed by atoms with E-state index in [9.17, 15) is 18.0 Å². The fourth-order valence-corrected chi connectivity index (χ4v) is 4.15. The molecule has 1 amide bonds. The molecule has 3 rings (SSSR count). The Morgan fingerprint density at radius 3 is 2.63 bits per heavy atom. The first-order valence-corrected chi connectivity index (χ1v) is 11.5. The standard InChI is InChI=1S/C23H26F3N7OS/c1-12(2)32-20(34)15-7-13-5-6-29-19(17(13)30-10-15)33-16-8-14(18(24)31-11-16)9-23(3,21(25)26)35-22(27)28-4/h5-8,10-12,21H,9H2,1-4H3,(H2,27,28)(H,29,33)(H,32,34)/t23-/m1/s1. The maximum atomic E-state index is 14.5. The van der Waals surface area contributed by atoms with Gasteiger partial charge < -0.3 is 16.4 Å². The molecule has 3 heterocycles. The van der Waals surface area contributed by atoms with Crippen LogP contribution < -0.4 is 16.4 Å². The largest absolute Gasteiger partial charge is 0.379 e. The van der Waals surface area contributed by atoms with Crippen LogP contribution >= 0.6 is 11.8 Å². The number of anilines is 2. The molecule has 0 aliphatic carbocycles. The van der Waals surface area contributed by atoms with Gasteiger partial charge >= 0.3 is 0 Å². The maximum Gasteiger partial charge on any atom is 0.253 e. The Morgan fingerprint density at radius 2 is 1.97 bits per heavy atom. The molecule has 12 heteroatoms. The second kappa shape index (κ2) is 10.9. The summed E-state index contributed by atoms with van der Waals surface area (Å²) in [5.41, 5.74) is 6.83. The summed E-state index contributed by atoms with van der Waals surface area (Å²) in [6.45, 7) is 5.01. The summed E-state index contributed by atoms with van der Waals surface area (Å²) in [7, 11) is 1.39. The third-order valence-electron chi connectivity index (χ3n) is 5.02. The molecular formula is C23H26F3N7OS. The van der Waals surface area contributed by atoms with Crippen molar-refractivity contribution in [1.82, 2.24) is 20.3 Å². The number of carbonyl (C=O) groups excluding carboxylic acids is 1. The van der Waals surface area contributed by atoms with Crippen LogP contribution in [-0.4, -0.2) is 50.3 Å². The maximum absolute atomic E-state index is 14.5. The number of amides is 1. The quantitative estimate of drug-likeness (QED) is 0.237. The predicted octanol–water partition coefficient (Wildman–Crippen LogP) is 4.29. The Morgan fingerprint density at radius 1 is 1.23 bits per heavy atom. The van der Waals surface area contributed by atoms with Gasteiger partial charge in [-0.15, -0.1) is 0 Å². The molecule has 3 aromatic rings. The number of thioether (sulfide) groups is 1. The fraction of sp³-hybridized carbons (Fsp3) is 0.348. The van der Waals surface area contributed by atoms with Crippen molar-refractivity contribution >= 4 is 45.2 Å². The van der Waals surface area contributed by atoms with Crippen molar-refractivity contribution < 1.29 is 18.0 Å². The Hall–Kier alpha value is -3.41. The van der Waals surface area contributed by atoms with Gasteiger partial charge in [0.25, 0.3) is 12.3 Å². The van der Waals surface area contributed by atoms with E-state index >= 15 is 0 Å². The monoisotopic (exact) mass is 505 g/mol. The Kier molecular flexibility index (Phi) is 8.15. The first kappa shape index (κ1) is 26.2. The van der Waals surface area contributed by atoms with Crippen molar-refractivity contribution in [3.63, 3.8) is 0 Å². The van der Waals surface area contributed by atoms with Crippen LogP contribution in [-0.2, 0) is 6.42 Å². The highest BCUT2D eigenvalue weighted by Crippen LogP contribution is 2.36. The van der Waals surface area contributed by atoms with Gasteiger partial charge in [0.05, 0.1) is 22.2 Å². The second-order valence-corrected chi connectivity index (χ2v) is 9.89. The van der Waals surface area contributed by atoms with Crippen LogP contribution in [0.2, 0.25) is 0 Å². The van der Waals surface area contributed by atoms with Crippen molar-refractivity contribution in [2.75, 3.05) is 12.4 Å². The molecule has 186 valence electrons. The molecule has 8 nitrogen and oxygen atoms in total. The van der Waals surface area contributed by atoms with Crippen LogP contribution in [0.25, 0.3) is 10.9 Å². The van der Waals surface area contributed by atoms with Crippen LogP contribution in [0.5, 0.6) is 0 Å². The van der Waals surface area contributed by atoms with E-state index in [1.54, 1.807) is 12.1 Å². The van der Waals surface area contributed by atoms with Crippen molar-refractivity contribution in [1.29, 1.82) is 0 Å². The number of aromatic nitrogens is 3. The summed E-state index contributed by atoms with van der Waals surface area (Å²) in [5, 5.41) is 6.46. The van der Waals surface area contributed by atoms with E-state index in [-0.39, 0.29) is 29.1 Å². The van der Waals surface area contributed by atoms with Crippen LogP contribution in [0.1, 0.15) is 36.7 Å². The molecule has 0 aromatic carbocycles. The topological polar surface area (TPSA) is 118 Å². The molecule has 0 radical (unpaired) electrons. The molecule has 0 saturated carbocycles. The molecule has 4 N–H and O–H groups in total. The molecule has 0 spiro atoms. The van der Waals surface area contributed by atoms with Gasteiger partial charge in [0.2, 0.25) is 5.95 Å². The number of alkyl halides is 2. The number of pyridine rings is 3. The number of rotatable bonds is 8. The molecule has 35 heavy (non-hydrogen) atoms. The molecule has 0 bridgehead atoms. The number of halogens is 3. The average molecular weight is 506 g/mol. The number of nitrogens with zero attached hydrogens (tertiary/aromatic N) is 4. The third-order valence-corrected chi connectivity index (χ3v) is 6.20. The van der Waals surface area contributed by atoms with Gasteiger partial charge in [-0.25, -0.2) is 18.7 Å². The van der Waals surface area contributed by atoms with Crippen molar-refractivity contribution in [3.8, 4) is 0 Å². The van der Waals surface area contributed by atoms with Gasteiger partial charge in [-0.2, -0.15) is 4.39 Å². The van der Waals surface area contributed by atoms with E-state index in [4.69, 9.17) is 5.73 Å². The Bertz CT molecular complexity index is 1260. The van der Waals surface area contributed by atoms with Gasteiger partial charge in [0.1, 0.15) is 5.52 Å². The smallest absolute Gasteiger partial charge is 0.253 e. The highest BCUT2D eigenvalue weighted by molar-refractivity contribution is 8.15. The van der Waals surface area contributed by atoms with Crippen molar-refractivity contribution in [2.45, 2.75) is 44.4 Å². The average Bonchev–Trinajstić information content (AvgIpc) is 2.80. The fourth-order valence-electron chi connectivity index (χ4n) is 3.26. The summed E-state index contributed by atoms with van der Waals surface area (Å²) in [6, 6.07) is 4.77. The third kappa shape index (κ3) is 6.38. The van der Waals surface area contributed by atoms with Crippen LogP contribution in [0.4, 0.5) is 24.7 Å². The molecular weight excluding hydrogens is 479 g/mol. The number of hydrogen-bond donors (Lipinski definition) is 3. The number of nitrogens with one attached hydrogen (secondary N) is 2. The van der Waals surface area contributed by atoms with E-state index in [1.807, 2.05) is 13.8 Å². The summed E-state index contributed by atoms with van der Waals surface area (Å²) >= 11 is 0.685. The lowest BCUT2D eigenvalue weighted by molar-refractivity contribution is 0.0942. The molecule has 0 unspecified atom stereocenters. The highest BCUT2D eigenvalue weighted by Gasteiger charge is 2.38. The van der Waals surface area contributed by atoms with Gasteiger partial charge in [-0.3, -0.25) is 14.8 Å². The zero-order chi connectivity index (χ0) is 25.8. The Labute approximate surface area is 205 Å². The van der Waals surface area contributed by atoms with Crippen molar-refractivity contribution in [3.05, 3.63) is 53.9 Å². The summed E-state index contributed by atoms with van der Waals surface area (Å²) in [6.07, 6.45) is 1.07. The molecule has 1 atom stereocenters. The molecule has 0 fully saturated rings. The highest BCUT2D eigenvalue weighted by atomic mass is 32.2. The lowest BCUT2D eigenvalue weighted by atomic mass is 10.0. The number of carbonyl (C=O) groups is 1. The first-order valence-electron chi connectivity index (χ1n) is 10.7. The van der Waals surface area contributed by atoms with E-state index < -0.39 is 17.1 Å². The first-order chi connectivity index (χ1) is 16.5. The van der Waals surface area contributed by atoms with E-state index in [0.717, 1.165) is 0 Å². The van der Waals surface area contributed by atoms with E-state index in [1.165, 1.54) is 38.6 Å². The number of fused-ring (bicyclic) bond motifs is 1. The summed E-state index contributed by atoms with van der Waals surface area (Å²) in [5.74, 6) is -0.771. The molecule has 0 saturated heterocycles. The SMILES string of the molecule is CN=C(N)S[C@](C)(Cc1cc(Nc2nccc3cc(C(=O)NC(C)C)cnc23)cnc1F)C(F)F. The Balaban J connectivity index is 1.90. The van der Waals surface area contributed by atoms with Gasteiger partial charge in [-0.1, -0.05) is 11.8 Å². The lowest BCUT2D eigenvalue weighted by Gasteiger charge is -2.27. The lowest BCUT2D eigenvalue weighted by Crippen LogP contribution is -2.36. The summed E-state index contributed by atoms with van der Waals surface area (Å²) < 4.78 is 40.4. The minimum absolute atomic E-state index is 0.0185. The number of amidine groups is 1. The van der Waals surface area contributed by atoms with E-state index in [2.05, 4.69) is 30.6 Å². The van der Waals surface area contributed by atoms with Crippen LogP contribution in [0.3, 0.4) is 0 Å². The van der Waals surface area contributed by atoms with Gasteiger partial charge in [0, 0.05) is 36.4 Å². The number of hydrogen-bond acceptors (Lipinski definition) is 7. The van der Waals surface area contributed by atoms with E-state index in [0.29, 0.717) is 39.7 Å². The minimum Gasteiger partial charge on any atom is -0.379 e. The molecule has 0 aliphatic heterocycles.